The molecule has 1 aliphatic rings. The van der Waals surface area contributed by atoms with Gasteiger partial charge in [-0.05, 0) is 36.5 Å². The molecule has 0 heterocycles. The lowest BCUT2D eigenvalue weighted by Crippen LogP contribution is -2.23. The predicted molar refractivity (Wildman–Crippen MR) is 67.0 cm³/mol. The van der Waals surface area contributed by atoms with Gasteiger partial charge in [0.2, 0.25) is 0 Å². The van der Waals surface area contributed by atoms with Gasteiger partial charge in [0, 0.05) is 5.92 Å². The summed E-state index contributed by atoms with van der Waals surface area (Å²) in [5.74, 6) is 0.258. The van der Waals surface area contributed by atoms with Crippen molar-refractivity contribution in [3.8, 4) is 0 Å². The van der Waals surface area contributed by atoms with Crippen LogP contribution < -0.4 is 0 Å². The normalized spacial score (nSPS) is 25.0. The maximum absolute atomic E-state index is 9.77. The van der Waals surface area contributed by atoms with E-state index in [9.17, 15) is 5.11 Å². The SMILES string of the molecule is C[C@@H]1C(=C=Cc2ccccc2)CCC[C@H]1O. The van der Waals surface area contributed by atoms with Crippen molar-refractivity contribution in [2.45, 2.75) is 32.3 Å². The topological polar surface area (TPSA) is 20.2 Å². The van der Waals surface area contributed by atoms with Crippen LogP contribution in [0.5, 0.6) is 0 Å². The summed E-state index contributed by atoms with van der Waals surface area (Å²) in [7, 11) is 0. The van der Waals surface area contributed by atoms with Gasteiger partial charge in [0.15, 0.2) is 0 Å². The molecule has 2 rings (SSSR count). The van der Waals surface area contributed by atoms with Crippen LogP contribution in [-0.4, -0.2) is 11.2 Å². The summed E-state index contributed by atoms with van der Waals surface area (Å²) in [5.41, 5.74) is 5.77. The maximum atomic E-state index is 9.77. The van der Waals surface area contributed by atoms with E-state index in [1.165, 1.54) is 11.1 Å². The minimum absolute atomic E-state index is 0.180. The minimum Gasteiger partial charge on any atom is -0.392 e. The Bertz CT molecular complexity index is 399. The first-order valence-electron chi connectivity index (χ1n) is 5.96. The number of hydrogen-bond acceptors (Lipinski definition) is 1. The highest BCUT2D eigenvalue weighted by atomic mass is 16.3. The number of benzene rings is 1. The predicted octanol–water partition coefficient (Wildman–Crippen LogP) is 3.41. The van der Waals surface area contributed by atoms with Crippen LogP contribution in [-0.2, 0) is 0 Å². The molecule has 1 aromatic carbocycles. The lowest BCUT2D eigenvalue weighted by Gasteiger charge is -2.25. The molecule has 16 heavy (non-hydrogen) atoms. The molecule has 0 bridgehead atoms. The Labute approximate surface area is 97.1 Å². The average Bonchev–Trinajstić information content (AvgIpc) is 2.32. The molecule has 0 aliphatic heterocycles. The van der Waals surface area contributed by atoms with E-state index in [-0.39, 0.29) is 12.0 Å². The smallest absolute Gasteiger partial charge is 0.0609 e. The fourth-order valence-electron chi connectivity index (χ4n) is 2.14. The van der Waals surface area contributed by atoms with Gasteiger partial charge in [-0.3, -0.25) is 0 Å². The van der Waals surface area contributed by atoms with Crippen LogP contribution in [0.2, 0.25) is 0 Å². The second-order valence-corrected chi connectivity index (χ2v) is 4.47. The number of aliphatic hydroxyl groups excluding tert-OH is 1. The van der Waals surface area contributed by atoms with Gasteiger partial charge in [-0.2, -0.15) is 0 Å². The molecule has 2 atom stereocenters. The van der Waals surface area contributed by atoms with Crippen molar-refractivity contribution in [1.82, 2.24) is 0 Å². The fraction of sp³-hybridized carbons (Fsp3) is 0.400. The Kier molecular flexibility index (Phi) is 3.61. The zero-order valence-corrected chi connectivity index (χ0v) is 9.69. The highest BCUT2D eigenvalue weighted by Gasteiger charge is 2.22. The van der Waals surface area contributed by atoms with E-state index in [0.717, 1.165) is 19.3 Å². The maximum Gasteiger partial charge on any atom is 0.0609 e. The lowest BCUT2D eigenvalue weighted by atomic mass is 9.83. The quantitative estimate of drug-likeness (QED) is 0.710. The molecule has 0 radical (unpaired) electrons. The van der Waals surface area contributed by atoms with Crippen molar-refractivity contribution in [1.29, 1.82) is 0 Å². The summed E-state index contributed by atoms with van der Waals surface area (Å²) >= 11 is 0. The molecule has 0 aromatic heterocycles. The van der Waals surface area contributed by atoms with E-state index in [4.69, 9.17) is 0 Å². The van der Waals surface area contributed by atoms with Crippen LogP contribution in [0.25, 0.3) is 6.08 Å². The van der Waals surface area contributed by atoms with Crippen LogP contribution in [0, 0.1) is 5.92 Å². The van der Waals surface area contributed by atoms with Gasteiger partial charge in [-0.25, -0.2) is 0 Å². The molecule has 1 aromatic rings. The van der Waals surface area contributed by atoms with Crippen LogP contribution in [0.1, 0.15) is 31.7 Å². The lowest BCUT2D eigenvalue weighted by molar-refractivity contribution is 0.106. The van der Waals surface area contributed by atoms with Crippen LogP contribution in [0.15, 0.2) is 41.6 Å². The molecular formula is C15H18O. The van der Waals surface area contributed by atoms with Gasteiger partial charge < -0.3 is 5.11 Å². The molecule has 1 fully saturated rings. The minimum atomic E-state index is -0.180. The number of aliphatic hydroxyl groups is 1. The third-order valence-electron chi connectivity index (χ3n) is 3.30. The van der Waals surface area contributed by atoms with Gasteiger partial charge in [-0.1, -0.05) is 37.3 Å². The first kappa shape index (κ1) is 11.2. The van der Waals surface area contributed by atoms with Crippen molar-refractivity contribution in [2.75, 3.05) is 0 Å². The molecule has 0 saturated heterocycles. The van der Waals surface area contributed by atoms with Crippen molar-refractivity contribution in [3.05, 3.63) is 47.2 Å². The monoisotopic (exact) mass is 214 g/mol. The summed E-state index contributed by atoms with van der Waals surface area (Å²) in [6.07, 6.45) is 4.92. The Morgan fingerprint density at radius 2 is 2.06 bits per heavy atom. The number of hydrogen-bond donors (Lipinski definition) is 1. The summed E-state index contributed by atoms with van der Waals surface area (Å²) in [6, 6.07) is 10.2. The van der Waals surface area contributed by atoms with E-state index >= 15 is 0 Å². The van der Waals surface area contributed by atoms with Gasteiger partial charge >= 0.3 is 0 Å². The van der Waals surface area contributed by atoms with Gasteiger partial charge in [0.25, 0.3) is 0 Å². The molecule has 1 saturated carbocycles. The first-order chi connectivity index (χ1) is 7.77. The molecule has 0 unspecified atom stereocenters. The van der Waals surface area contributed by atoms with Crippen LogP contribution in [0.3, 0.4) is 0 Å². The molecule has 0 spiro atoms. The molecule has 1 aliphatic carbocycles. The summed E-state index contributed by atoms with van der Waals surface area (Å²) in [5, 5.41) is 9.77. The molecule has 1 heteroatoms. The van der Waals surface area contributed by atoms with Crippen molar-refractivity contribution >= 4 is 6.08 Å². The van der Waals surface area contributed by atoms with Crippen LogP contribution in [0.4, 0.5) is 0 Å². The standard InChI is InChI=1S/C15H18O/c1-12-14(8-5-9-15(12)16)11-10-13-6-3-2-4-7-13/h2-4,6-7,10,12,15-16H,5,8-9H2,1H3/t11?,12-,15-/m1/s1. The zero-order chi connectivity index (χ0) is 11.4. The van der Waals surface area contributed by atoms with Gasteiger partial charge in [0.1, 0.15) is 0 Å². The summed E-state index contributed by atoms with van der Waals surface area (Å²) < 4.78 is 0. The first-order valence-corrected chi connectivity index (χ1v) is 5.96. The second kappa shape index (κ2) is 5.16. The molecule has 0 amide bonds. The van der Waals surface area contributed by atoms with Crippen molar-refractivity contribution in [3.63, 3.8) is 0 Å². The van der Waals surface area contributed by atoms with E-state index in [1.54, 1.807) is 0 Å². The largest absolute Gasteiger partial charge is 0.392 e. The fourth-order valence-corrected chi connectivity index (χ4v) is 2.14. The Morgan fingerprint density at radius 3 is 2.81 bits per heavy atom. The highest BCUT2D eigenvalue weighted by Crippen LogP contribution is 2.28. The number of rotatable bonds is 1. The van der Waals surface area contributed by atoms with Crippen molar-refractivity contribution < 1.29 is 5.11 Å². The van der Waals surface area contributed by atoms with E-state index < -0.39 is 0 Å². The molecular weight excluding hydrogens is 196 g/mol. The highest BCUT2D eigenvalue weighted by molar-refractivity contribution is 5.49. The Morgan fingerprint density at radius 1 is 1.31 bits per heavy atom. The third-order valence-corrected chi connectivity index (χ3v) is 3.30. The van der Waals surface area contributed by atoms with Crippen LogP contribution >= 0.6 is 0 Å². The van der Waals surface area contributed by atoms with Crippen molar-refractivity contribution in [2.24, 2.45) is 5.92 Å². The summed E-state index contributed by atoms with van der Waals surface area (Å²) in [6.45, 7) is 2.09. The summed E-state index contributed by atoms with van der Waals surface area (Å²) in [4.78, 5) is 0. The second-order valence-electron chi connectivity index (χ2n) is 4.47. The average molecular weight is 214 g/mol. The third kappa shape index (κ3) is 2.63. The molecule has 84 valence electrons. The van der Waals surface area contributed by atoms with E-state index in [1.807, 2.05) is 24.3 Å². The Balaban J connectivity index is 2.20. The zero-order valence-electron chi connectivity index (χ0n) is 9.69. The van der Waals surface area contributed by atoms with Gasteiger partial charge in [-0.15, -0.1) is 5.73 Å². The van der Waals surface area contributed by atoms with E-state index in [2.05, 4.69) is 24.8 Å². The molecule has 1 nitrogen and oxygen atoms in total. The van der Waals surface area contributed by atoms with E-state index in [0.29, 0.717) is 0 Å². The molecule has 1 N–H and O–H groups in total. The van der Waals surface area contributed by atoms with Gasteiger partial charge in [0.05, 0.1) is 6.10 Å². The Hall–Kier alpha value is -1.30.